The lowest BCUT2D eigenvalue weighted by atomic mass is 9.86. The summed E-state index contributed by atoms with van der Waals surface area (Å²) in [5.41, 5.74) is 9.81. The van der Waals surface area contributed by atoms with Crippen molar-refractivity contribution in [1.29, 1.82) is 0 Å². The molecule has 0 saturated heterocycles. The van der Waals surface area contributed by atoms with E-state index in [1.807, 2.05) is 0 Å². The van der Waals surface area contributed by atoms with Crippen molar-refractivity contribution in [2.45, 2.75) is 25.8 Å². The van der Waals surface area contributed by atoms with Crippen LogP contribution in [0.2, 0.25) is 0 Å². The fourth-order valence-electron chi connectivity index (χ4n) is 2.38. The standard InChI is InChI=1S/C16H19N/c1-2-15(13-8-4-3-5-9-13)16-11-7-6-10-14(16)12-17/h3-11,15H,2,12,17H2,1H3. The van der Waals surface area contributed by atoms with Crippen LogP contribution in [-0.4, -0.2) is 0 Å². The fourth-order valence-corrected chi connectivity index (χ4v) is 2.38. The molecule has 1 atom stereocenters. The third kappa shape index (κ3) is 2.56. The van der Waals surface area contributed by atoms with Crippen molar-refractivity contribution in [1.82, 2.24) is 0 Å². The Hall–Kier alpha value is -1.60. The fraction of sp³-hybridized carbons (Fsp3) is 0.250. The minimum Gasteiger partial charge on any atom is -0.326 e. The zero-order valence-electron chi connectivity index (χ0n) is 10.3. The molecule has 0 aliphatic carbocycles. The second-order valence-electron chi connectivity index (χ2n) is 4.27. The first-order chi connectivity index (χ1) is 8.36. The van der Waals surface area contributed by atoms with Gasteiger partial charge in [-0.2, -0.15) is 0 Å². The van der Waals surface area contributed by atoms with Gasteiger partial charge >= 0.3 is 0 Å². The summed E-state index contributed by atoms with van der Waals surface area (Å²) in [7, 11) is 0. The summed E-state index contributed by atoms with van der Waals surface area (Å²) in [4.78, 5) is 0. The average molecular weight is 225 g/mol. The molecule has 1 nitrogen and oxygen atoms in total. The highest BCUT2D eigenvalue weighted by molar-refractivity contribution is 5.37. The van der Waals surface area contributed by atoms with Gasteiger partial charge in [0.25, 0.3) is 0 Å². The van der Waals surface area contributed by atoms with Gasteiger partial charge in [0.05, 0.1) is 0 Å². The smallest absolute Gasteiger partial charge is 0.0181 e. The highest BCUT2D eigenvalue weighted by atomic mass is 14.5. The van der Waals surface area contributed by atoms with Gasteiger partial charge in [0.15, 0.2) is 0 Å². The van der Waals surface area contributed by atoms with E-state index in [1.165, 1.54) is 16.7 Å². The second-order valence-corrected chi connectivity index (χ2v) is 4.27. The van der Waals surface area contributed by atoms with E-state index in [9.17, 15) is 0 Å². The van der Waals surface area contributed by atoms with E-state index in [1.54, 1.807) is 0 Å². The molecule has 2 aromatic carbocycles. The zero-order chi connectivity index (χ0) is 12.1. The molecule has 0 saturated carbocycles. The van der Waals surface area contributed by atoms with Crippen molar-refractivity contribution < 1.29 is 0 Å². The van der Waals surface area contributed by atoms with E-state index in [2.05, 4.69) is 61.5 Å². The van der Waals surface area contributed by atoms with Gasteiger partial charge in [0, 0.05) is 12.5 Å². The normalized spacial score (nSPS) is 12.4. The molecule has 88 valence electrons. The number of hydrogen-bond acceptors (Lipinski definition) is 1. The SMILES string of the molecule is CCC(c1ccccc1)c1ccccc1CN. The van der Waals surface area contributed by atoms with Gasteiger partial charge in [0.2, 0.25) is 0 Å². The summed E-state index contributed by atoms with van der Waals surface area (Å²) in [6, 6.07) is 19.1. The Balaban J connectivity index is 2.42. The van der Waals surface area contributed by atoms with Crippen LogP contribution in [0.25, 0.3) is 0 Å². The van der Waals surface area contributed by atoms with Gasteiger partial charge in [0.1, 0.15) is 0 Å². The summed E-state index contributed by atoms with van der Waals surface area (Å²) in [6.07, 6.45) is 1.10. The number of rotatable bonds is 4. The van der Waals surface area contributed by atoms with Crippen LogP contribution in [0.4, 0.5) is 0 Å². The molecule has 1 unspecified atom stereocenters. The summed E-state index contributed by atoms with van der Waals surface area (Å²) in [5.74, 6) is 0.455. The molecule has 0 aliphatic rings. The lowest BCUT2D eigenvalue weighted by molar-refractivity contribution is 0.763. The number of benzene rings is 2. The van der Waals surface area contributed by atoms with Crippen LogP contribution >= 0.6 is 0 Å². The molecular formula is C16H19N. The molecule has 0 amide bonds. The first-order valence-corrected chi connectivity index (χ1v) is 6.19. The van der Waals surface area contributed by atoms with Gasteiger partial charge in [-0.3, -0.25) is 0 Å². The first-order valence-electron chi connectivity index (χ1n) is 6.19. The van der Waals surface area contributed by atoms with E-state index < -0.39 is 0 Å². The maximum atomic E-state index is 5.82. The maximum absolute atomic E-state index is 5.82. The number of nitrogens with two attached hydrogens (primary N) is 1. The molecule has 0 radical (unpaired) electrons. The van der Waals surface area contributed by atoms with Crippen molar-refractivity contribution in [2.24, 2.45) is 5.73 Å². The number of hydrogen-bond donors (Lipinski definition) is 1. The van der Waals surface area contributed by atoms with Crippen LogP contribution in [0, 0.1) is 0 Å². The molecule has 0 bridgehead atoms. The lowest BCUT2D eigenvalue weighted by Gasteiger charge is -2.19. The quantitative estimate of drug-likeness (QED) is 0.843. The average Bonchev–Trinajstić information content (AvgIpc) is 2.41. The summed E-state index contributed by atoms with van der Waals surface area (Å²) in [6.45, 7) is 2.84. The van der Waals surface area contributed by atoms with Crippen molar-refractivity contribution in [3.05, 3.63) is 71.3 Å². The molecule has 17 heavy (non-hydrogen) atoms. The van der Waals surface area contributed by atoms with E-state index in [-0.39, 0.29) is 0 Å². The Morgan fingerprint density at radius 1 is 0.941 bits per heavy atom. The zero-order valence-corrected chi connectivity index (χ0v) is 10.3. The van der Waals surface area contributed by atoms with Crippen LogP contribution in [0.5, 0.6) is 0 Å². The molecule has 2 N–H and O–H groups in total. The van der Waals surface area contributed by atoms with Crippen LogP contribution in [0.15, 0.2) is 54.6 Å². The molecule has 2 rings (SSSR count). The lowest BCUT2D eigenvalue weighted by Crippen LogP contribution is -2.07. The van der Waals surface area contributed by atoms with E-state index in [4.69, 9.17) is 5.73 Å². The Bertz CT molecular complexity index is 462. The molecule has 0 aromatic heterocycles. The minimum absolute atomic E-state index is 0.455. The monoisotopic (exact) mass is 225 g/mol. The predicted octanol–water partition coefficient (Wildman–Crippen LogP) is 3.69. The summed E-state index contributed by atoms with van der Waals surface area (Å²) >= 11 is 0. The molecule has 0 aliphatic heterocycles. The van der Waals surface area contributed by atoms with Crippen LogP contribution < -0.4 is 5.73 Å². The molecule has 0 heterocycles. The summed E-state index contributed by atoms with van der Waals surface area (Å²) < 4.78 is 0. The predicted molar refractivity (Wildman–Crippen MR) is 72.9 cm³/mol. The van der Waals surface area contributed by atoms with Crippen LogP contribution in [-0.2, 0) is 6.54 Å². The molecule has 2 aromatic rings. The van der Waals surface area contributed by atoms with Crippen molar-refractivity contribution >= 4 is 0 Å². The molecule has 0 fully saturated rings. The van der Waals surface area contributed by atoms with Crippen molar-refractivity contribution in [3.8, 4) is 0 Å². The maximum Gasteiger partial charge on any atom is 0.0181 e. The molecular weight excluding hydrogens is 206 g/mol. The van der Waals surface area contributed by atoms with Crippen molar-refractivity contribution in [3.63, 3.8) is 0 Å². The van der Waals surface area contributed by atoms with E-state index in [0.717, 1.165) is 6.42 Å². The van der Waals surface area contributed by atoms with Gasteiger partial charge in [-0.1, -0.05) is 61.5 Å². The second kappa shape index (κ2) is 5.65. The van der Waals surface area contributed by atoms with E-state index in [0.29, 0.717) is 12.5 Å². The van der Waals surface area contributed by atoms with Gasteiger partial charge in [-0.15, -0.1) is 0 Å². The van der Waals surface area contributed by atoms with Gasteiger partial charge in [-0.25, -0.2) is 0 Å². The third-order valence-electron chi connectivity index (χ3n) is 3.26. The third-order valence-corrected chi connectivity index (χ3v) is 3.26. The van der Waals surface area contributed by atoms with Crippen LogP contribution in [0.3, 0.4) is 0 Å². The Kier molecular flexibility index (Phi) is 3.94. The minimum atomic E-state index is 0.455. The van der Waals surface area contributed by atoms with Gasteiger partial charge < -0.3 is 5.73 Å². The van der Waals surface area contributed by atoms with Crippen LogP contribution in [0.1, 0.15) is 36.0 Å². The Morgan fingerprint density at radius 3 is 2.24 bits per heavy atom. The summed E-state index contributed by atoms with van der Waals surface area (Å²) in [5, 5.41) is 0. The molecule has 0 spiro atoms. The van der Waals surface area contributed by atoms with E-state index >= 15 is 0 Å². The first kappa shape index (κ1) is 11.9. The highest BCUT2D eigenvalue weighted by Gasteiger charge is 2.14. The molecule has 1 heteroatoms. The largest absolute Gasteiger partial charge is 0.326 e. The Morgan fingerprint density at radius 2 is 1.59 bits per heavy atom. The van der Waals surface area contributed by atoms with Crippen molar-refractivity contribution in [2.75, 3.05) is 0 Å². The van der Waals surface area contributed by atoms with Gasteiger partial charge in [-0.05, 0) is 23.1 Å². The highest BCUT2D eigenvalue weighted by Crippen LogP contribution is 2.29. The topological polar surface area (TPSA) is 26.0 Å². The Labute approximate surface area is 103 Å².